The summed E-state index contributed by atoms with van der Waals surface area (Å²) >= 11 is 3.19. The first kappa shape index (κ1) is 20.2. The third kappa shape index (κ3) is 5.11. The summed E-state index contributed by atoms with van der Waals surface area (Å²) in [6, 6.07) is 14.9. The Bertz CT molecular complexity index is 1170. The summed E-state index contributed by atoms with van der Waals surface area (Å²) in [5, 5.41) is 6.76. The number of thiazole rings is 1. The first-order valence-electron chi connectivity index (χ1n) is 9.27. The summed E-state index contributed by atoms with van der Waals surface area (Å²) in [6.07, 6.45) is 0.550. The molecule has 1 N–H and O–H groups in total. The van der Waals surface area contributed by atoms with Crippen LogP contribution >= 0.6 is 23.1 Å². The van der Waals surface area contributed by atoms with Crippen LogP contribution in [0.3, 0.4) is 0 Å². The molecule has 2 aromatic carbocycles. The van der Waals surface area contributed by atoms with Crippen LogP contribution in [0.1, 0.15) is 35.4 Å². The molecule has 2 heterocycles. The highest BCUT2D eigenvalue weighted by atomic mass is 32.2. The SMILES string of the molecule is CC(=O)c1cccc(NC(=O)CCc2nc(CSc3nc4ccccc4s3)no2)c1. The predicted octanol–water partition coefficient (Wildman–Crippen LogP) is 4.75. The molecule has 0 aliphatic rings. The van der Waals surface area contributed by atoms with Crippen LogP contribution in [0, 0.1) is 0 Å². The average molecular weight is 439 g/mol. The Kier molecular flexibility index (Phi) is 6.20. The number of benzene rings is 2. The second kappa shape index (κ2) is 9.19. The maximum Gasteiger partial charge on any atom is 0.227 e. The minimum atomic E-state index is -0.181. The van der Waals surface area contributed by atoms with Crippen LogP contribution < -0.4 is 5.32 Å². The standard InChI is InChI=1S/C21H18N4O3S2/c1-13(26)14-5-4-6-15(11-14)22-19(27)9-10-20-24-18(25-28-20)12-29-21-23-16-7-2-3-8-17(16)30-21/h2-8,11H,9-10,12H2,1H3,(H,22,27). The van der Waals surface area contributed by atoms with Crippen molar-refractivity contribution in [3.05, 3.63) is 65.8 Å². The number of para-hydroxylation sites is 1. The molecule has 0 radical (unpaired) electrons. The van der Waals surface area contributed by atoms with Crippen LogP contribution in [0.4, 0.5) is 5.69 Å². The largest absolute Gasteiger partial charge is 0.339 e. The number of ketones is 1. The van der Waals surface area contributed by atoms with Gasteiger partial charge in [-0.25, -0.2) is 4.98 Å². The molecular weight excluding hydrogens is 420 g/mol. The van der Waals surface area contributed by atoms with Crippen LogP contribution in [-0.4, -0.2) is 26.8 Å². The lowest BCUT2D eigenvalue weighted by molar-refractivity contribution is -0.116. The highest BCUT2D eigenvalue weighted by Gasteiger charge is 2.12. The van der Waals surface area contributed by atoms with Crippen LogP contribution in [0.2, 0.25) is 0 Å². The summed E-state index contributed by atoms with van der Waals surface area (Å²) in [7, 11) is 0. The normalized spacial score (nSPS) is 11.0. The Morgan fingerprint density at radius 3 is 2.83 bits per heavy atom. The first-order valence-corrected chi connectivity index (χ1v) is 11.1. The van der Waals surface area contributed by atoms with E-state index in [-0.39, 0.29) is 18.1 Å². The molecule has 0 atom stereocenters. The molecular formula is C21H18N4O3S2. The van der Waals surface area contributed by atoms with Crippen molar-refractivity contribution in [3.8, 4) is 0 Å². The quantitative estimate of drug-likeness (QED) is 0.313. The zero-order valence-corrected chi connectivity index (χ0v) is 17.8. The molecule has 0 spiro atoms. The van der Waals surface area contributed by atoms with Gasteiger partial charge in [-0.05, 0) is 31.2 Å². The minimum absolute atomic E-state index is 0.0480. The Balaban J connectivity index is 1.27. The highest BCUT2D eigenvalue weighted by Crippen LogP contribution is 2.30. The van der Waals surface area contributed by atoms with E-state index in [1.807, 2.05) is 24.3 Å². The highest BCUT2D eigenvalue weighted by molar-refractivity contribution is 8.00. The molecule has 7 nitrogen and oxygen atoms in total. The Labute approximate surface area is 180 Å². The van der Waals surface area contributed by atoms with Crippen LogP contribution in [0.25, 0.3) is 10.2 Å². The molecule has 0 unspecified atom stereocenters. The van der Waals surface area contributed by atoms with Crippen molar-refractivity contribution in [2.24, 2.45) is 0 Å². The van der Waals surface area contributed by atoms with Gasteiger partial charge in [-0.2, -0.15) is 4.98 Å². The molecule has 0 saturated heterocycles. The van der Waals surface area contributed by atoms with E-state index in [4.69, 9.17) is 4.52 Å². The number of rotatable bonds is 8. The molecule has 0 aliphatic carbocycles. The van der Waals surface area contributed by atoms with Gasteiger partial charge in [0.2, 0.25) is 11.8 Å². The molecule has 1 amide bonds. The molecule has 30 heavy (non-hydrogen) atoms. The zero-order valence-electron chi connectivity index (χ0n) is 16.1. The number of fused-ring (bicyclic) bond motifs is 1. The smallest absolute Gasteiger partial charge is 0.227 e. The fourth-order valence-corrected chi connectivity index (χ4v) is 4.66. The van der Waals surface area contributed by atoms with E-state index in [2.05, 4.69) is 20.4 Å². The van der Waals surface area contributed by atoms with Crippen molar-refractivity contribution in [1.82, 2.24) is 15.1 Å². The van der Waals surface area contributed by atoms with Crippen molar-refractivity contribution >= 4 is 50.7 Å². The van der Waals surface area contributed by atoms with Gasteiger partial charge in [0.05, 0.1) is 16.0 Å². The lowest BCUT2D eigenvalue weighted by atomic mass is 10.1. The lowest BCUT2D eigenvalue weighted by Crippen LogP contribution is -2.12. The fourth-order valence-electron chi connectivity index (χ4n) is 2.75. The summed E-state index contributed by atoms with van der Waals surface area (Å²) in [5.41, 5.74) is 2.13. The number of thioether (sulfide) groups is 1. The maximum atomic E-state index is 12.2. The van der Waals surface area contributed by atoms with Crippen LogP contribution in [0.15, 0.2) is 57.4 Å². The Morgan fingerprint density at radius 2 is 2.00 bits per heavy atom. The third-order valence-corrected chi connectivity index (χ3v) is 6.40. The zero-order chi connectivity index (χ0) is 20.9. The number of anilines is 1. The average Bonchev–Trinajstić information content (AvgIpc) is 3.37. The van der Waals surface area contributed by atoms with E-state index in [1.54, 1.807) is 47.4 Å². The molecule has 4 aromatic rings. The van der Waals surface area contributed by atoms with Gasteiger partial charge in [0.15, 0.2) is 15.9 Å². The minimum Gasteiger partial charge on any atom is -0.339 e. The van der Waals surface area contributed by atoms with Crippen molar-refractivity contribution in [2.45, 2.75) is 29.9 Å². The molecule has 2 aromatic heterocycles. The van der Waals surface area contributed by atoms with Gasteiger partial charge in [-0.1, -0.05) is 41.2 Å². The van der Waals surface area contributed by atoms with Crippen molar-refractivity contribution in [1.29, 1.82) is 0 Å². The number of nitrogens with one attached hydrogen (secondary N) is 1. The number of carbonyl (C=O) groups excluding carboxylic acids is 2. The van der Waals surface area contributed by atoms with Crippen molar-refractivity contribution in [3.63, 3.8) is 0 Å². The third-order valence-electron chi connectivity index (χ3n) is 4.23. The second-order valence-electron chi connectivity index (χ2n) is 6.53. The van der Waals surface area contributed by atoms with Gasteiger partial charge >= 0.3 is 0 Å². The van der Waals surface area contributed by atoms with E-state index in [9.17, 15) is 9.59 Å². The molecule has 0 aliphatic heterocycles. The number of aromatic nitrogens is 3. The van der Waals surface area contributed by atoms with Gasteiger partial charge in [-0.15, -0.1) is 11.3 Å². The molecule has 9 heteroatoms. The van der Waals surface area contributed by atoms with Gasteiger partial charge in [0.25, 0.3) is 0 Å². The number of Topliss-reactive ketones (excluding diaryl/α,β-unsaturated/α-hetero) is 1. The summed E-state index contributed by atoms with van der Waals surface area (Å²) in [4.78, 5) is 32.5. The van der Waals surface area contributed by atoms with E-state index in [1.165, 1.54) is 6.92 Å². The topological polar surface area (TPSA) is 98.0 Å². The van der Waals surface area contributed by atoms with E-state index < -0.39 is 0 Å². The number of carbonyl (C=O) groups is 2. The van der Waals surface area contributed by atoms with Gasteiger partial charge < -0.3 is 9.84 Å². The summed E-state index contributed by atoms with van der Waals surface area (Å²) < 4.78 is 7.35. The van der Waals surface area contributed by atoms with Crippen molar-refractivity contribution in [2.75, 3.05) is 5.32 Å². The molecule has 0 saturated carbocycles. The van der Waals surface area contributed by atoms with E-state index in [0.717, 1.165) is 14.6 Å². The number of nitrogens with zero attached hydrogens (tertiary/aromatic N) is 3. The van der Waals surface area contributed by atoms with Gasteiger partial charge in [0, 0.05) is 24.1 Å². The predicted molar refractivity (Wildman–Crippen MR) is 117 cm³/mol. The number of hydrogen-bond acceptors (Lipinski definition) is 8. The monoisotopic (exact) mass is 438 g/mol. The summed E-state index contributed by atoms with van der Waals surface area (Å²) in [6.45, 7) is 1.49. The number of amides is 1. The van der Waals surface area contributed by atoms with Crippen LogP contribution in [-0.2, 0) is 17.0 Å². The molecule has 152 valence electrons. The summed E-state index contributed by atoms with van der Waals surface area (Å²) in [5.74, 6) is 1.31. The van der Waals surface area contributed by atoms with E-state index >= 15 is 0 Å². The fraction of sp³-hybridized carbons (Fsp3) is 0.190. The number of aryl methyl sites for hydroxylation is 1. The Morgan fingerprint density at radius 1 is 1.13 bits per heavy atom. The van der Waals surface area contributed by atoms with Crippen molar-refractivity contribution < 1.29 is 14.1 Å². The number of hydrogen-bond donors (Lipinski definition) is 1. The van der Waals surface area contributed by atoms with Gasteiger partial charge in [0.1, 0.15) is 0 Å². The first-order chi connectivity index (χ1) is 14.6. The lowest BCUT2D eigenvalue weighted by Gasteiger charge is -2.05. The second-order valence-corrected chi connectivity index (χ2v) is 8.78. The van der Waals surface area contributed by atoms with Gasteiger partial charge in [-0.3, -0.25) is 9.59 Å². The molecule has 0 bridgehead atoms. The van der Waals surface area contributed by atoms with Crippen LogP contribution in [0.5, 0.6) is 0 Å². The Hall–Kier alpha value is -3.04. The maximum absolute atomic E-state index is 12.2. The molecule has 4 rings (SSSR count). The molecule has 0 fully saturated rings. The van der Waals surface area contributed by atoms with E-state index in [0.29, 0.717) is 35.1 Å².